The van der Waals surface area contributed by atoms with Gasteiger partial charge < -0.3 is 9.64 Å². The van der Waals surface area contributed by atoms with E-state index in [2.05, 4.69) is 6.58 Å². The smallest absolute Gasteiger partial charge is 0.268 e. The summed E-state index contributed by atoms with van der Waals surface area (Å²) < 4.78 is 34.3. The first-order chi connectivity index (χ1) is 16.0. The Morgan fingerprint density at radius 2 is 2.03 bits per heavy atom. The van der Waals surface area contributed by atoms with Crippen LogP contribution in [0.1, 0.15) is 27.2 Å². The Labute approximate surface area is 198 Å². The average molecular weight is 483 g/mol. The molecule has 172 valence electrons. The molecule has 0 saturated carbocycles. The zero-order valence-corrected chi connectivity index (χ0v) is 20.1. The van der Waals surface area contributed by atoms with Gasteiger partial charge in [0.15, 0.2) is 0 Å². The Morgan fingerprint density at radius 3 is 2.76 bits per heavy atom. The van der Waals surface area contributed by atoms with Gasteiger partial charge >= 0.3 is 0 Å². The van der Waals surface area contributed by atoms with Crippen LogP contribution in [-0.2, 0) is 23.0 Å². The third kappa shape index (κ3) is 4.67. The van der Waals surface area contributed by atoms with Crippen molar-refractivity contribution in [2.45, 2.75) is 24.3 Å². The van der Waals surface area contributed by atoms with Gasteiger partial charge in [0.05, 0.1) is 19.3 Å². The topological polar surface area (TPSA) is 66.9 Å². The van der Waals surface area contributed by atoms with Crippen LogP contribution in [0.2, 0.25) is 0 Å². The second-order valence-corrected chi connectivity index (χ2v) is 10.6. The number of benzene rings is 2. The number of hydrogen-bond acceptors (Lipinski definition) is 5. The number of hydrogen-bond donors (Lipinski definition) is 0. The maximum atomic E-state index is 13.8. The maximum absolute atomic E-state index is 13.8. The molecule has 6 nitrogen and oxygen atoms in total. The summed E-state index contributed by atoms with van der Waals surface area (Å²) >= 11 is 1.56. The average Bonchev–Trinajstić information content (AvgIpc) is 3.35. The molecule has 2 heterocycles. The second kappa shape index (κ2) is 9.80. The fraction of sp³-hybridized carbons (Fsp3) is 0.240. The number of para-hydroxylation sites is 1. The number of thiophene rings is 1. The predicted molar refractivity (Wildman–Crippen MR) is 132 cm³/mol. The molecule has 3 aromatic rings. The summed E-state index contributed by atoms with van der Waals surface area (Å²) in [6.07, 6.45) is 3.22. The predicted octanol–water partition coefficient (Wildman–Crippen LogP) is 4.73. The quantitative estimate of drug-likeness (QED) is 0.436. The van der Waals surface area contributed by atoms with Crippen molar-refractivity contribution in [1.29, 1.82) is 0 Å². The first-order valence-electron chi connectivity index (χ1n) is 10.7. The van der Waals surface area contributed by atoms with Crippen LogP contribution in [0.4, 0.5) is 5.69 Å². The minimum absolute atomic E-state index is 0.0118. The summed E-state index contributed by atoms with van der Waals surface area (Å²) in [5.74, 6) is -0.0513. The van der Waals surface area contributed by atoms with Crippen LogP contribution >= 0.6 is 11.3 Å². The largest absolute Gasteiger partial charge is 0.495 e. The van der Waals surface area contributed by atoms with E-state index in [0.29, 0.717) is 25.3 Å². The number of fused-ring (bicyclic) bond motifs is 1. The number of amides is 1. The molecule has 2 aromatic carbocycles. The summed E-state index contributed by atoms with van der Waals surface area (Å²) in [5, 5.41) is 1.96. The van der Waals surface area contributed by atoms with Gasteiger partial charge in [0.2, 0.25) is 0 Å². The lowest BCUT2D eigenvalue weighted by molar-refractivity contribution is 0.0764. The summed E-state index contributed by atoms with van der Waals surface area (Å²) in [6.45, 7) is 4.91. The fourth-order valence-electron chi connectivity index (χ4n) is 4.03. The Bertz CT molecular complexity index is 1250. The monoisotopic (exact) mass is 482 g/mol. The summed E-state index contributed by atoms with van der Waals surface area (Å²) in [5.41, 5.74) is 1.96. The molecule has 1 aromatic heterocycles. The highest BCUT2D eigenvalue weighted by Gasteiger charge is 2.32. The second-order valence-electron chi connectivity index (χ2n) is 7.73. The third-order valence-electron chi connectivity index (χ3n) is 5.61. The first-order valence-corrected chi connectivity index (χ1v) is 13.0. The lowest BCUT2D eigenvalue weighted by atomic mass is 10.0. The zero-order chi connectivity index (χ0) is 23.4. The number of carbonyl (C=O) groups excluding carboxylic acids is 1. The number of methoxy groups -OCH3 is 1. The van der Waals surface area contributed by atoms with Crippen molar-refractivity contribution in [1.82, 2.24) is 4.90 Å². The molecule has 8 heteroatoms. The Morgan fingerprint density at radius 1 is 1.21 bits per heavy atom. The van der Waals surface area contributed by atoms with Crippen molar-refractivity contribution in [2.75, 3.05) is 24.5 Å². The van der Waals surface area contributed by atoms with E-state index < -0.39 is 10.0 Å². The fourth-order valence-corrected chi connectivity index (χ4v) is 6.47. The van der Waals surface area contributed by atoms with Gasteiger partial charge in [-0.25, -0.2) is 8.42 Å². The maximum Gasteiger partial charge on any atom is 0.268 e. The normalized spacial score (nSPS) is 13.3. The van der Waals surface area contributed by atoms with Gasteiger partial charge in [0, 0.05) is 23.5 Å². The SMILES string of the molecule is C=CCN(Cc1cccs1)C(=O)c1ccc(OC)c(S(=O)(=O)N2CCCc3ccccc32)c1. The Hall–Kier alpha value is -3.10. The molecule has 0 radical (unpaired) electrons. The van der Waals surface area contributed by atoms with Crippen LogP contribution in [0, 0.1) is 0 Å². The molecule has 0 saturated heterocycles. The summed E-state index contributed by atoms with van der Waals surface area (Å²) in [4.78, 5) is 16.0. The van der Waals surface area contributed by atoms with E-state index in [1.165, 1.54) is 17.5 Å². The molecule has 0 atom stereocenters. The van der Waals surface area contributed by atoms with Crippen molar-refractivity contribution in [3.05, 3.63) is 88.6 Å². The van der Waals surface area contributed by atoms with Gasteiger partial charge in [-0.15, -0.1) is 17.9 Å². The van der Waals surface area contributed by atoms with Crippen LogP contribution in [0.5, 0.6) is 5.75 Å². The van der Waals surface area contributed by atoms with Crippen LogP contribution in [-0.4, -0.2) is 39.4 Å². The van der Waals surface area contributed by atoms with Gasteiger partial charge in [0.1, 0.15) is 10.6 Å². The lowest BCUT2D eigenvalue weighted by Gasteiger charge is -2.31. The molecule has 0 spiro atoms. The number of nitrogens with zero attached hydrogens (tertiary/aromatic N) is 2. The van der Waals surface area contributed by atoms with Crippen LogP contribution < -0.4 is 9.04 Å². The highest BCUT2D eigenvalue weighted by molar-refractivity contribution is 7.93. The molecule has 33 heavy (non-hydrogen) atoms. The van der Waals surface area contributed by atoms with Crippen LogP contribution in [0.15, 0.2) is 77.5 Å². The number of carbonyl (C=O) groups is 1. The summed E-state index contributed by atoms with van der Waals surface area (Å²) in [7, 11) is -2.51. The first kappa shape index (κ1) is 23.1. The van der Waals surface area contributed by atoms with Gasteiger partial charge in [-0.2, -0.15) is 0 Å². The molecule has 0 bridgehead atoms. The van der Waals surface area contributed by atoms with E-state index >= 15 is 0 Å². The van der Waals surface area contributed by atoms with Gasteiger partial charge in [-0.1, -0.05) is 30.3 Å². The van der Waals surface area contributed by atoms with E-state index in [0.717, 1.165) is 23.3 Å². The molecule has 1 amide bonds. The molecular formula is C25H26N2O4S2. The number of rotatable bonds is 8. The highest BCUT2D eigenvalue weighted by atomic mass is 32.2. The molecule has 1 aliphatic heterocycles. The lowest BCUT2D eigenvalue weighted by Crippen LogP contribution is -2.36. The van der Waals surface area contributed by atoms with E-state index in [1.807, 2.05) is 41.8 Å². The van der Waals surface area contributed by atoms with Crippen LogP contribution in [0.3, 0.4) is 0 Å². The molecule has 0 aliphatic carbocycles. The van der Waals surface area contributed by atoms with E-state index in [9.17, 15) is 13.2 Å². The van der Waals surface area contributed by atoms with Crippen molar-refractivity contribution in [3.63, 3.8) is 0 Å². The molecule has 1 aliphatic rings. The molecule has 0 fully saturated rings. The highest BCUT2D eigenvalue weighted by Crippen LogP contribution is 2.35. The minimum atomic E-state index is -3.94. The van der Waals surface area contributed by atoms with Gasteiger partial charge in [-0.3, -0.25) is 9.10 Å². The molecule has 4 rings (SSSR count). The minimum Gasteiger partial charge on any atom is -0.495 e. The van der Waals surface area contributed by atoms with Gasteiger partial charge in [0.25, 0.3) is 15.9 Å². The van der Waals surface area contributed by atoms with E-state index in [4.69, 9.17) is 4.74 Å². The molecule has 0 unspecified atom stereocenters. The third-order valence-corrected chi connectivity index (χ3v) is 8.31. The number of sulfonamides is 1. The molecular weight excluding hydrogens is 456 g/mol. The van der Waals surface area contributed by atoms with E-state index in [1.54, 1.807) is 34.4 Å². The van der Waals surface area contributed by atoms with Crippen molar-refractivity contribution < 1.29 is 17.9 Å². The zero-order valence-electron chi connectivity index (χ0n) is 18.4. The van der Waals surface area contributed by atoms with Gasteiger partial charge in [-0.05, 0) is 54.1 Å². The number of aryl methyl sites for hydroxylation is 1. The number of ether oxygens (including phenoxy) is 1. The van der Waals surface area contributed by atoms with Crippen LogP contribution in [0.25, 0.3) is 0 Å². The number of anilines is 1. The Balaban J connectivity index is 1.72. The molecule has 0 N–H and O–H groups in total. The van der Waals surface area contributed by atoms with E-state index in [-0.39, 0.29) is 22.1 Å². The van der Waals surface area contributed by atoms with Crippen molar-refractivity contribution in [2.24, 2.45) is 0 Å². The summed E-state index contributed by atoms with van der Waals surface area (Å²) in [6, 6.07) is 16.0. The van der Waals surface area contributed by atoms with Crippen molar-refractivity contribution in [3.8, 4) is 5.75 Å². The Kier molecular flexibility index (Phi) is 6.85. The standard InChI is InChI=1S/C25H26N2O4S2/c1-3-14-26(18-21-10-7-16-32-21)25(28)20-12-13-23(31-2)24(17-20)33(29,30)27-15-6-9-19-8-4-5-11-22(19)27/h3-5,7-8,10-13,16-17H,1,6,9,14-15,18H2,2H3. The van der Waals surface area contributed by atoms with Crippen molar-refractivity contribution >= 4 is 33.0 Å².